The summed E-state index contributed by atoms with van der Waals surface area (Å²) in [5, 5.41) is 12.8. The number of hydrogen-bond donors (Lipinski definition) is 1. The van der Waals surface area contributed by atoms with Crippen LogP contribution in [0.2, 0.25) is 0 Å². The summed E-state index contributed by atoms with van der Waals surface area (Å²) in [5.41, 5.74) is -0.527. The molecule has 0 radical (unpaired) electrons. The molecule has 2 bridgehead atoms. The first-order chi connectivity index (χ1) is 11.5. The number of aliphatic hydroxyl groups is 1. The SMILES string of the molecule is CCCCCC1(O)CC2CCC(C1)N2C(=O)CC1(SCC=S)CC1. The topological polar surface area (TPSA) is 40.5 Å². The van der Waals surface area contributed by atoms with Gasteiger partial charge >= 0.3 is 0 Å². The van der Waals surface area contributed by atoms with Gasteiger partial charge in [-0.2, -0.15) is 0 Å². The maximum absolute atomic E-state index is 12.9. The van der Waals surface area contributed by atoms with Gasteiger partial charge in [0.2, 0.25) is 5.91 Å². The van der Waals surface area contributed by atoms with Crippen LogP contribution in [0.5, 0.6) is 0 Å². The first kappa shape index (κ1) is 18.7. The number of fused-ring (bicyclic) bond motifs is 2. The van der Waals surface area contributed by atoms with Gasteiger partial charge in [-0.15, -0.1) is 11.8 Å². The third-order valence-corrected chi connectivity index (χ3v) is 8.00. The van der Waals surface area contributed by atoms with Crippen LogP contribution in [0.1, 0.15) is 77.6 Å². The minimum atomic E-state index is -0.527. The van der Waals surface area contributed by atoms with E-state index in [2.05, 4.69) is 11.8 Å². The highest BCUT2D eigenvalue weighted by Crippen LogP contribution is 2.52. The Morgan fingerprint density at radius 2 is 1.96 bits per heavy atom. The van der Waals surface area contributed by atoms with Crippen molar-refractivity contribution in [3.63, 3.8) is 0 Å². The first-order valence-electron chi connectivity index (χ1n) is 9.62. The van der Waals surface area contributed by atoms with Gasteiger partial charge in [0.05, 0.1) is 5.60 Å². The minimum Gasteiger partial charge on any atom is -0.390 e. The van der Waals surface area contributed by atoms with E-state index in [1.165, 1.54) is 12.8 Å². The van der Waals surface area contributed by atoms with Crippen molar-refractivity contribution >= 4 is 35.3 Å². The summed E-state index contributed by atoms with van der Waals surface area (Å²) in [4.78, 5) is 15.1. The Morgan fingerprint density at radius 3 is 2.50 bits per heavy atom. The Morgan fingerprint density at radius 1 is 1.29 bits per heavy atom. The second kappa shape index (κ2) is 7.63. The molecule has 24 heavy (non-hydrogen) atoms. The molecule has 5 heteroatoms. The molecule has 2 heterocycles. The number of carbonyl (C=O) groups excluding carboxylic acids is 1. The number of amides is 1. The highest BCUT2D eigenvalue weighted by molar-refractivity contribution is 8.02. The van der Waals surface area contributed by atoms with Crippen LogP contribution in [-0.4, -0.2) is 49.5 Å². The lowest BCUT2D eigenvalue weighted by Gasteiger charge is -2.44. The smallest absolute Gasteiger partial charge is 0.224 e. The molecule has 136 valence electrons. The molecule has 2 unspecified atom stereocenters. The van der Waals surface area contributed by atoms with E-state index < -0.39 is 5.60 Å². The number of rotatable bonds is 9. The summed E-state index contributed by atoms with van der Waals surface area (Å²) in [7, 11) is 0. The molecule has 3 nitrogen and oxygen atoms in total. The molecule has 1 saturated carbocycles. The van der Waals surface area contributed by atoms with Gasteiger partial charge in [0.1, 0.15) is 0 Å². The van der Waals surface area contributed by atoms with Crippen molar-refractivity contribution in [1.82, 2.24) is 4.90 Å². The van der Waals surface area contributed by atoms with E-state index in [0.29, 0.717) is 12.3 Å². The Hall–Kier alpha value is -0.130. The summed E-state index contributed by atoms with van der Waals surface area (Å²) in [6, 6.07) is 0.545. The van der Waals surface area contributed by atoms with Gasteiger partial charge in [0, 0.05) is 29.0 Å². The van der Waals surface area contributed by atoms with Crippen molar-refractivity contribution < 1.29 is 9.90 Å². The van der Waals surface area contributed by atoms with Crippen molar-refractivity contribution in [2.45, 2.75) is 100.0 Å². The Bertz CT molecular complexity index is 464. The number of carbonyl (C=O) groups is 1. The van der Waals surface area contributed by atoms with Gasteiger partial charge in [0.15, 0.2) is 0 Å². The van der Waals surface area contributed by atoms with E-state index in [9.17, 15) is 9.90 Å². The number of unbranched alkanes of at least 4 members (excludes halogenated alkanes) is 2. The highest BCUT2D eigenvalue weighted by atomic mass is 32.2. The lowest BCUT2D eigenvalue weighted by atomic mass is 9.82. The summed E-state index contributed by atoms with van der Waals surface area (Å²) in [5.74, 6) is 1.19. The summed E-state index contributed by atoms with van der Waals surface area (Å²) < 4.78 is 0.167. The first-order valence-corrected chi connectivity index (χ1v) is 11.1. The summed E-state index contributed by atoms with van der Waals surface area (Å²) in [6.07, 6.45) is 11.1. The van der Waals surface area contributed by atoms with Crippen LogP contribution in [-0.2, 0) is 4.79 Å². The summed E-state index contributed by atoms with van der Waals surface area (Å²) in [6.45, 7) is 2.20. The number of thioether (sulfide) groups is 1. The lowest BCUT2D eigenvalue weighted by molar-refractivity contribution is -0.141. The molecule has 2 aliphatic heterocycles. The average Bonchev–Trinajstić information content (AvgIpc) is 3.23. The quantitative estimate of drug-likeness (QED) is 0.490. The molecule has 2 atom stereocenters. The maximum Gasteiger partial charge on any atom is 0.224 e. The molecule has 1 amide bonds. The minimum absolute atomic E-state index is 0.167. The van der Waals surface area contributed by atoms with Crippen LogP contribution >= 0.6 is 24.0 Å². The normalized spacial score (nSPS) is 33.5. The predicted octanol–water partition coefficient (Wildman–Crippen LogP) is 4.11. The molecule has 0 aromatic heterocycles. The number of thiocarbonyl (C=S) groups is 1. The monoisotopic (exact) mass is 369 g/mol. The molecule has 1 aliphatic carbocycles. The van der Waals surface area contributed by atoms with E-state index in [1.807, 2.05) is 11.8 Å². The second-order valence-electron chi connectivity index (χ2n) is 8.11. The fraction of sp³-hybridized carbons (Fsp3) is 0.895. The van der Waals surface area contributed by atoms with Crippen molar-refractivity contribution in [2.75, 3.05) is 5.75 Å². The lowest BCUT2D eigenvalue weighted by Crippen LogP contribution is -2.53. The molecule has 3 fully saturated rings. The molecule has 3 rings (SSSR count). The molecular formula is C19H31NO2S2. The molecule has 0 aromatic rings. The predicted molar refractivity (Wildman–Crippen MR) is 105 cm³/mol. The molecular weight excluding hydrogens is 338 g/mol. The van der Waals surface area contributed by atoms with Crippen molar-refractivity contribution in [3.8, 4) is 0 Å². The van der Waals surface area contributed by atoms with E-state index in [0.717, 1.165) is 57.1 Å². The van der Waals surface area contributed by atoms with Crippen LogP contribution < -0.4 is 0 Å². The van der Waals surface area contributed by atoms with Gasteiger partial charge in [0.25, 0.3) is 0 Å². The third kappa shape index (κ3) is 4.16. The fourth-order valence-corrected chi connectivity index (χ4v) is 5.97. The second-order valence-corrected chi connectivity index (χ2v) is 9.93. The van der Waals surface area contributed by atoms with Gasteiger partial charge in [-0.05, 0) is 50.3 Å². The molecule has 3 aliphatic rings. The highest BCUT2D eigenvalue weighted by Gasteiger charge is 2.52. The van der Waals surface area contributed by atoms with E-state index in [4.69, 9.17) is 12.2 Å². The zero-order valence-corrected chi connectivity index (χ0v) is 16.5. The number of hydrogen-bond acceptors (Lipinski definition) is 4. The zero-order valence-electron chi connectivity index (χ0n) is 14.8. The average molecular weight is 370 g/mol. The molecule has 0 spiro atoms. The molecule has 2 saturated heterocycles. The van der Waals surface area contributed by atoms with E-state index >= 15 is 0 Å². The zero-order chi connectivity index (χ0) is 17.2. The Labute approximate surface area is 155 Å². The van der Waals surface area contributed by atoms with E-state index in [-0.39, 0.29) is 16.8 Å². The van der Waals surface area contributed by atoms with Gasteiger partial charge in [-0.1, -0.05) is 38.4 Å². The fourth-order valence-electron chi connectivity index (χ4n) is 4.73. The van der Waals surface area contributed by atoms with Crippen LogP contribution in [0.15, 0.2) is 0 Å². The maximum atomic E-state index is 12.9. The van der Waals surface area contributed by atoms with Crippen molar-refractivity contribution in [1.29, 1.82) is 0 Å². The van der Waals surface area contributed by atoms with Gasteiger partial charge < -0.3 is 10.0 Å². The van der Waals surface area contributed by atoms with Crippen LogP contribution in [0, 0.1) is 0 Å². The van der Waals surface area contributed by atoms with E-state index in [1.54, 1.807) is 5.37 Å². The van der Waals surface area contributed by atoms with Crippen LogP contribution in [0.4, 0.5) is 0 Å². The largest absolute Gasteiger partial charge is 0.390 e. The van der Waals surface area contributed by atoms with Gasteiger partial charge in [-0.25, -0.2) is 0 Å². The molecule has 1 N–H and O–H groups in total. The van der Waals surface area contributed by atoms with Crippen molar-refractivity contribution in [3.05, 3.63) is 0 Å². The third-order valence-electron chi connectivity index (χ3n) is 6.12. The van der Waals surface area contributed by atoms with Crippen LogP contribution in [0.25, 0.3) is 0 Å². The standard InChI is InChI=1S/C19H31NO2S2/c1-2-3-4-7-18(22)12-15-5-6-16(13-18)20(15)17(21)14-19(8-9-19)24-11-10-23/h10,15-16,22H,2-9,11-14H2,1H3. The molecule has 0 aromatic carbocycles. The number of nitrogens with zero attached hydrogens (tertiary/aromatic N) is 1. The Kier molecular flexibility index (Phi) is 5.93. The summed E-state index contributed by atoms with van der Waals surface area (Å²) >= 11 is 6.80. The van der Waals surface area contributed by atoms with Crippen LogP contribution in [0.3, 0.4) is 0 Å². The van der Waals surface area contributed by atoms with Gasteiger partial charge in [-0.3, -0.25) is 4.79 Å². The number of piperidine rings is 1. The van der Waals surface area contributed by atoms with Crippen molar-refractivity contribution in [2.24, 2.45) is 0 Å². The Balaban J connectivity index is 1.57.